The van der Waals surface area contributed by atoms with Gasteiger partial charge in [0.2, 0.25) is 0 Å². The number of fused-ring (bicyclic) bond motifs is 1. The summed E-state index contributed by atoms with van der Waals surface area (Å²) in [6.07, 6.45) is 0.988. The van der Waals surface area contributed by atoms with Gasteiger partial charge in [-0.25, -0.2) is 22.9 Å². The Balaban J connectivity index is 1.48. The summed E-state index contributed by atoms with van der Waals surface area (Å²) in [5, 5.41) is -0.0330. The highest BCUT2D eigenvalue weighted by atomic mass is 32.2. The average molecular weight is 475 g/mol. The monoisotopic (exact) mass is 474 g/mol. The van der Waals surface area contributed by atoms with Crippen LogP contribution in [0.2, 0.25) is 0 Å². The first-order chi connectivity index (χ1) is 15.5. The minimum absolute atomic E-state index is 0.0330. The third-order valence-electron chi connectivity index (χ3n) is 5.94. The number of hydrogen-bond acceptors (Lipinski definition) is 7. The smallest absolute Gasteiger partial charge is 0.408 e. The predicted octanol–water partition coefficient (Wildman–Crippen LogP) is 2.65. The number of nitrogens with one attached hydrogen (secondary N) is 1. The number of sulfonamides is 1. The van der Waals surface area contributed by atoms with E-state index in [4.69, 9.17) is 9.15 Å². The topological polar surface area (TPSA) is 107 Å². The molecule has 0 saturated carbocycles. The minimum atomic E-state index is -3.83. The van der Waals surface area contributed by atoms with Gasteiger partial charge in [0, 0.05) is 26.7 Å². The maximum atomic E-state index is 12.9. The standard InChI is InChI=1S/C23H30N4O5S/c1-23(2,3)19-10-11-27(12-13-31-19)20-6-5-7-21(25-20)33(29,30)24-15-16-8-9-18-17(14-16)26(4)22(28)32-18/h5-9,14,19,24H,10-13,15H2,1-4H3. The van der Waals surface area contributed by atoms with E-state index >= 15 is 0 Å². The largest absolute Gasteiger partial charge is 0.419 e. The number of nitrogens with zero attached hydrogens (tertiary/aromatic N) is 3. The number of ether oxygens (including phenoxy) is 1. The van der Waals surface area contributed by atoms with Crippen LogP contribution in [-0.4, -0.2) is 43.8 Å². The normalized spacial score (nSPS) is 17.9. The molecule has 1 N–H and O–H groups in total. The highest BCUT2D eigenvalue weighted by molar-refractivity contribution is 7.89. The second-order valence-electron chi connectivity index (χ2n) is 9.39. The molecule has 1 unspecified atom stereocenters. The van der Waals surface area contributed by atoms with E-state index in [-0.39, 0.29) is 23.1 Å². The van der Waals surface area contributed by atoms with Gasteiger partial charge in [0.15, 0.2) is 10.6 Å². The Morgan fingerprint density at radius 1 is 1.18 bits per heavy atom. The Hall–Kier alpha value is -2.69. The molecule has 1 aromatic carbocycles. The lowest BCUT2D eigenvalue weighted by molar-refractivity contribution is -0.00905. The van der Waals surface area contributed by atoms with Crippen molar-refractivity contribution in [3.05, 3.63) is 52.5 Å². The van der Waals surface area contributed by atoms with Gasteiger partial charge in [-0.1, -0.05) is 32.9 Å². The average Bonchev–Trinajstić information content (AvgIpc) is 2.95. The number of anilines is 1. The van der Waals surface area contributed by atoms with Gasteiger partial charge in [-0.2, -0.15) is 0 Å². The fourth-order valence-electron chi connectivity index (χ4n) is 3.95. The molecule has 0 radical (unpaired) electrons. The number of aromatic nitrogens is 2. The van der Waals surface area contributed by atoms with Gasteiger partial charge in [0.05, 0.1) is 18.2 Å². The van der Waals surface area contributed by atoms with Crippen molar-refractivity contribution < 1.29 is 17.6 Å². The molecule has 10 heteroatoms. The molecular formula is C23H30N4O5S. The Morgan fingerprint density at radius 2 is 1.97 bits per heavy atom. The van der Waals surface area contributed by atoms with Gasteiger partial charge in [0.25, 0.3) is 10.0 Å². The summed E-state index contributed by atoms with van der Waals surface area (Å²) in [6, 6.07) is 10.1. The quantitative estimate of drug-likeness (QED) is 0.606. The summed E-state index contributed by atoms with van der Waals surface area (Å²) in [4.78, 5) is 18.2. The van der Waals surface area contributed by atoms with Crippen LogP contribution in [0.5, 0.6) is 0 Å². The molecule has 1 saturated heterocycles. The van der Waals surface area contributed by atoms with Gasteiger partial charge in [-0.15, -0.1) is 0 Å². The third kappa shape index (κ3) is 5.13. The van der Waals surface area contributed by atoms with Crippen LogP contribution in [0.4, 0.5) is 5.82 Å². The lowest BCUT2D eigenvalue weighted by Gasteiger charge is -2.29. The Morgan fingerprint density at radius 3 is 2.73 bits per heavy atom. The van der Waals surface area contributed by atoms with E-state index in [2.05, 4.69) is 35.4 Å². The van der Waals surface area contributed by atoms with E-state index in [9.17, 15) is 13.2 Å². The molecule has 0 bridgehead atoms. The first-order valence-electron chi connectivity index (χ1n) is 11.0. The zero-order chi connectivity index (χ0) is 23.8. The number of benzene rings is 1. The Bertz CT molecular complexity index is 1310. The SMILES string of the molecule is Cn1c(=O)oc2ccc(CNS(=O)(=O)c3cccc(N4CCOC(C(C)(C)C)CC4)n3)cc21. The van der Waals surface area contributed by atoms with Gasteiger partial charge in [0.1, 0.15) is 5.82 Å². The summed E-state index contributed by atoms with van der Waals surface area (Å²) < 4.78 is 41.0. The second-order valence-corrected chi connectivity index (χ2v) is 11.1. The molecule has 1 fully saturated rings. The van der Waals surface area contributed by atoms with E-state index in [1.165, 1.54) is 10.6 Å². The summed E-state index contributed by atoms with van der Waals surface area (Å²) in [5.41, 5.74) is 1.81. The van der Waals surface area contributed by atoms with Crippen LogP contribution in [0, 0.1) is 5.41 Å². The fourth-order valence-corrected chi connectivity index (χ4v) is 4.93. The van der Waals surface area contributed by atoms with Gasteiger partial charge in [-0.05, 0) is 41.7 Å². The Kier molecular flexibility index (Phi) is 6.35. The van der Waals surface area contributed by atoms with E-state index in [1.54, 1.807) is 31.3 Å². The molecule has 1 atom stereocenters. The minimum Gasteiger partial charge on any atom is -0.408 e. The van der Waals surface area contributed by atoms with Crippen molar-refractivity contribution in [2.45, 2.75) is 44.9 Å². The predicted molar refractivity (Wildman–Crippen MR) is 126 cm³/mol. The molecule has 1 aliphatic heterocycles. The second kappa shape index (κ2) is 8.92. The summed E-state index contributed by atoms with van der Waals surface area (Å²) in [5.74, 6) is 0.155. The van der Waals surface area contributed by atoms with Gasteiger partial charge in [-0.3, -0.25) is 4.57 Å². The van der Waals surface area contributed by atoms with Gasteiger partial charge < -0.3 is 14.1 Å². The maximum absolute atomic E-state index is 12.9. The molecule has 0 spiro atoms. The highest BCUT2D eigenvalue weighted by Gasteiger charge is 2.28. The third-order valence-corrected chi connectivity index (χ3v) is 7.24. The first kappa shape index (κ1) is 23.5. The first-order valence-corrected chi connectivity index (χ1v) is 12.4. The summed E-state index contributed by atoms with van der Waals surface area (Å²) >= 11 is 0. The lowest BCUT2D eigenvalue weighted by Crippen LogP contribution is -2.30. The molecule has 4 rings (SSSR count). The van der Waals surface area contributed by atoms with E-state index in [1.807, 2.05) is 6.07 Å². The molecule has 9 nitrogen and oxygen atoms in total. The van der Waals surface area contributed by atoms with Crippen LogP contribution < -0.4 is 15.4 Å². The van der Waals surface area contributed by atoms with E-state index in [0.29, 0.717) is 35.6 Å². The number of pyridine rings is 1. The van der Waals surface area contributed by atoms with Crippen molar-refractivity contribution in [3.63, 3.8) is 0 Å². The highest BCUT2D eigenvalue weighted by Crippen LogP contribution is 2.28. The number of aryl methyl sites for hydroxylation is 1. The summed E-state index contributed by atoms with van der Waals surface area (Å²) in [6.45, 7) is 8.51. The van der Waals surface area contributed by atoms with Crippen molar-refractivity contribution in [3.8, 4) is 0 Å². The van der Waals surface area contributed by atoms with E-state index < -0.39 is 15.8 Å². The molecular weight excluding hydrogens is 444 g/mol. The van der Waals surface area contributed by atoms with Gasteiger partial charge >= 0.3 is 5.76 Å². The molecule has 178 valence electrons. The maximum Gasteiger partial charge on any atom is 0.419 e. The van der Waals surface area contributed by atoms with Crippen molar-refractivity contribution in [2.75, 3.05) is 24.6 Å². The summed E-state index contributed by atoms with van der Waals surface area (Å²) in [7, 11) is -2.23. The van der Waals surface area contributed by atoms with Crippen molar-refractivity contribution in [2.24, 2.45) is 12.5 Å². The van der Waals surface area contributed by atoms with Crippen molar-refractivity contribution in [1.29, 1.82) is 0 Å². The molecule has 1 aliphatic rings. The van der Waals surface area contributed by atoms with Crippen LogP contribution in [0.3, 0.4) is 0 Å². The lowest BCUT2D eigenvalue weighted by atomic mass is 9.87. The fraction of sp³-hybridized carbons (Fsp3) is 0.478. The molecule has 2 aromatic heterocycles. The zero-order valence-corrected chi connectivity index (χ0v) is 20.2. The molecule has 3 heterocycles. The van der Waals surface area contributed by atoms with E-state index in [0.717, 1.165) is 13.0 Å². The number of rotatable bonds is 5. The van der Waals surface area contributed by atoms with Crippen LogP contribution in [0.25, 0.3) is 11.1 Å². The van der Waals surface area contributed by atoms with Crippen LogP contribution in [0.15, 0.2) is 50.6 Å². The molecule has 0 amide bonds. The molecule has 0 aliphatic carbocycles. The molecule has 33 heavy (non-hydrogen) atoms. The van der Waals surface area contributed by atoms with Crippen LogP contribution in [0.1, 0.15) is 32.8 Å². The Labute approximate surface area is 193 Å². The zero-order valence-electron chi connectivity index (χ0n) is 19.4. The van der Waals surface area contributed by atoms with Crippen molar-refractivity contribution in [1.82, 2.24) is 14.3 Å². The van der Waals surface area contributed by atoms with Crippen LogP contribution >= 0.6 is 0 Å². The number of hydrogen-bond donors (Lipinski definition) is 1. The number of oxazole rings is 1. The van der Waals surface area contributed by atoms with Crippen LogP contribution in [-0.2, 0) is 28.4 Å². The van der Waals surface area contributed by atoms with Crippen molar-refractivity contribution >= 4 is 26.9 Å². The molecule has 3 aromatic rings.